The van der Waals surface area contributed by atoms with Gasteiger partial charge in [0.05, 0.1) is 11.6 Å². The van der Waals surface area contributed by atoms with Crippen molar-refractivity contribution in [2.75, 3.05) is 28.7 Å². The van der Waals surface area contributed by atoms with Crippen LogP contribution in [0.3, 0.4) is 0 Å². The standard InChI is InChI=1S/C26H33N5O4/c1-17-3-5-18(6-4-17)23(31(16-32)22-9-12-27-30(22)2)24(33)28-19-7-8-20-21(15-19)29-25(34)26(20)10-13-35-14-11-26/h7-9,12,15-18,23H,3-6,10-11,13-14H2,1-2H3,(H,28,33)(H,29,34)/t17?,18?,23-/m0/s1. The van der Waals surface area contributed by atoms with Gasteiger partial charge in [0.1, 0.15) is 11.9 Å². The molecule has 3 heterocycles. The van der Waals surface area contributed by atoms with Crippen LogP contribution in [0.4, 0.5) is 17.2 Å². The average Bonchev–Trinajstić information content (AvgIpc) is 3.39. The fourth-order valence-corrected chi connectivity index (χ4v) is 5.99. The van der Waals surface area contributed by atoms with Gasteiger partial charge in [0, 0.05) is 37.7 Å². The number of hydrogen-bond acceptors (Lipinski definition) is 5. The summed E-state index contributed by atoms with van der Waals surface area (Å²) >= 11 is 0. The Bertz CT molecular complexity index is 1110. The van der Waals surface area contributed by atoms with E-state index < -0.39 is 11.5 Å². The molecule has 2 aromatic rings. The summed E-state index contributed by atoms with van der Waals surface area (Å²) in [5, 5.41) is 10.2. The van der Waals surface area contributed by atoms with Gasteiger partial charge in [0.25, 0.3) is 0 Å². The molecule has 35 heavy (non-hydrogen) atoms. The molecule has 186 valence electrons. The molecule has 3 amide bonds. The highest BCUT2D eigenvalue weighted by atomic mass is 16.5. The van der Waals surface area contributed by atoms with Crippen molar-refractivity contribution in [3.63, 3.8) is 0 Å². The normalized spacial score (nSPS) is 23.9. The van der Waals surface area contributed by atoms with Crippen LogP contribution >= 0.6 is 0 Å². The van der Waals surface area contributed by atoms with Crippen LogP contribution in [-0.2, 0) is 31.6 Å². The fourth-order valence-electron chi connectivity index (χ4n) is 5.99. The van der Waals surface area contributed by atoms with Crippen LogP contribution in [0.25, 0.3) is 0 Å². The average molecular weight is 480 g/mol. The van der Waals surface area contributed by atoms with Crippen molar-refractivity contribution in [2.24, 2.45) is 18.9 Å². The van der Waals surface area contributed by atoms with Crippen molar-refractivity contribution >= 4 is 35.4 Å². The summed E-state index contributed by atoms with van der Waals surface area (Å²) in [6.07, 6.45) is 7.48. The van der Waals surface area contributed by atoms with E-state index in [4.69, 9.17) is 4.74 Å². The van der Waals surface area contributed by atoms with E-state index in [0.717, 1.165) is 43.3 Å². The summed E-state index contributed by atoms with van der Waals surface area (Å²) in [7, 11) is 1.76. The van der Waals surface area contributed by atoms with Gasteiger partial charge in [0.15, 0.2) is 0 Å². The smallest absolute Gasteiger partial charge is 0.247 e. The summed E-state index contributed by atoms with van der Waals surface area (Å²) in [5.74, 6) is 1.02. The summed E-state index contributed by atoms with van der Waals surface area (Å²) in [6.45, 7) is 3.35. The molecule has 2 aliphatic heterocycles. The number of fused-ring (bicyclic) bond motifs is 2. The van der Waals surface area contributed by atoms with Crippen LogP contribution in [0, 0.1) is 11.8 Å². The lowest BCUT2D eigenvalue weighted by molar-refractivity contribution is -0.124. The Labute approximate surface area is 205 Å². The first-order valence-corrected chi connectivity index (χ1v) is 12.5. The Morgan fingerprint density at radius 3 is 2.66 bits per heavy atom. The molecule has 0 radical (unpaired) electrons. The van der Waals surface area contributed by atoms with Gasteiger partial charge in [-0.15, -0.1) is 0 Å². The zero-order chi connectivity index (χ0) is 24.6. The predicted octanol–water partition coefficient (Wildman–Crippen LogP) is 3.22. The van der Waals surface area contributed by atoms with Gasteiger partial charge in [-0.3, -0.25) is 24.0 Å². The quantitative estimate of drug-likeness (QED) is 0.619. The second-order valence-electron chi connectivity index (χ2n) is 10.2. The van der Waals surface area contributed by atoms with E-state index in [9.17, 15) is 14.4 Å². The maximum atomic E-state index is 13.7. The summed E-state index contributed by atoms with van der Waals surface area (Å²) in [6, 6.07) is 6.71. The number of hydrogen-bond donors (Lipinski definition) is 2. The number of anilines is 3. The first kappa shape index (κ1) is 23.5. The third-order valence-electron chi connectivity index (χ3n) is 8.08. The predicted molar refractivity (Wildman–Crippen MR) is 132 cm³/mol. The highest BCUT2D eigenvalue weighted by Gasteiger charge is 2.47. The molecule has 0 unspecified atom stereocenters. The molecule has 1 saturated carbocycles. The van der Waals surface area contributed by atoms with Crippen LogP contribution in [0.15, 0.2) is 30.5 Å². The molecule has 2 N–H and O–H groups in total. The Morgan fingerprint density at radius 2 is 2.00 bits per heavy atom. The molecule has 0 bridgehead atoms. The molecule has 1 atom stereocenters. The molecular formula is C26H33N5O4. The lowest BCUT2D eigenvalue weighted by atomic mass is 9.75. The number of aryl methyl sites for hydroxylation is 1. The van der Waals surface area contributed by atoms with Gasteiger partial charge in [0.2, 0.25) is 18.2 Å². The Balaban J connectivity index is 1.41. The third-order valence-corrected chi connectivity index (χ3v) is 8.08. The monoisotopic (exact) mass is 479 g/mol. The zero-order valence-electron chi connectivity index (χ0n) is 20.3. The van der Waals surface area contributed by atoms with E-state index in [1.807, 2.05) is 18.2 Å². The van der Waals surface area contributed by atoms with Crippen molar-refractivity contribution in [3.8, 4) is 0 Å². The van der Waals surface area contributed by atoms with E-state index in [2.05, 4.69) is 22.7 Å². The number of carbonyl (C=O) groups is 3. The second kappa shape index (κ2) is 9.45. The SMILES string of the molecule is CC1CCC([C@@H](C(=O)Nc2ccc3c(c2)NC(=O)C32CCOCC2)N(C=O)c2ccnn2C)CC1. The van der Waals surface area contributed by atoms with E-state index in [1.165, 1.54) is 4.90 Å². The van der Waals surface area contributed by atoms with Gasteiger partial charge >= 0.3 is 0 Å². The first-order valence-electron chi connectivity index (χ1n) is 12.5. The molecule has 2 fully saturated rings. The first-order chi connectivity index (χ1) is 16.9. The van der Waals surface area contributed by atoms with Crippen molar-refractivity contribution < 1.29 is 19.1 Å². The lowest BCUT2D eigenvalue weighted by Gasteiger charge is -2.36. The fraction of sp³-hybridized carbons (Fsp3) is 0.538. The van der Waals surface area contributed by atoms with Gasteiger partial charge in [-0.2, -0.15) is 5.10 Å². The van der Waals surface area contributed by atoms with Gasteiger partial charge in [-0.1, -0.05) is 25.8 Å². The van der Waals surface area contributed by atoms with Crippen LogP contribution in [-0.4, -0.2) is 47.3 Å². The van der Waals surface area contributed by atoms with Crippen molar-refractivity contribution in [1.29, 1.82) is 0 Å². The van der Waals surface area contributed by atoms with Crippen molar-refractivity contribution in [2.45, 2.75) is 56.9 Å². The number of rotatable bonds is 6. The molecule has 1 spiro atoms. The van der Waals surface area contributed by atoms with Gasteiger partial charge < -0.3 is 15.4 Å². The van der Waals surface area contributed by atoms with Crippen LogP contribution in [0.5, 0.6) is 0 Å². The van der Waals surface area contributed by atoms with E-state index in [-0.39, 0.29) is 17.7 Å². The van der Waals surface area contributed by atoms with Crippen LogP contribution in [0.1, 0.15) is 51.0 Å². The zero-order valence-corrected chi connectivity index (χ0v) is 20.3. The van der Waals surface area contributed by atoms with Crippen LogP contribution < -0.4 is 15.5 Å². The Morgan fingerprint density at radius 1 is 1.26 bits per heavy atom. The van der Waals surface area contributed by atoms with E-state index in [1.54, 1.807) is 24.0 Å². The Hall–Kier alpha value is -3.20. The topological polar surface area (TPSA) is 106 Å². The summed E-state index contributed by atoms with van der Waals surface area (Å²) in [4.78, 5) is 40.4. The minimum Gasteiger partial charge on any atom is -0.381 e. The molecule has 3 aliphatic rings. The minimum absolute atomic E-state index is 0.00295. The molecule has 1 saturated heterocycles. The highest BCUT2D eigenvalue weighted by Crippen LogP contribution is 2.45. The number of amides is 3. The van der Waals surface area contributed by atoms with Gasteiger partial charge in [-0.25, -0.2) is 0 Å². The summed E-state index contributed by atoms with van der Waals surface area (Å²) in [5.41, 5.74) is 1.75. The molecule has 1 aliphatic carbocycles. The largest absolute Gasteiger partial charge is 0.381 e. The van der Waals surface area contributed by atoms with E-state index >= 15 is 0 Å². The maximum absolute atomic E-state index is 13.7. The number of nitrogens with one attached hydrogen (secondary N) is 2. The van der Waals surface area contributed by atoms with Crippen molar-refractivity contribution in [1.82, 2.24) is 9.78 Å². The number of ether oxygens (including phenoxy) is 1. The maximum Gasteiger partial charge on any atom is 0.247 e. The third kappa shape index (κ3) is 4.22. The Kier molecular flexibility index (Phi) is 6.35. The summed E-state index contributed by atoms with van der Waals surface area (Å²) < 4.78 is 7.09. The lowest BCUT2D eigenvalue weighted by Crippen LogP contribution is -2.50. The molecule has 1 aromatic heterocycles. The number of benzene rings is 1. The molecule has 5 rings (SSSR count). The minimum atomic E-state index is -0.653. The number of carbonyl (C=O) groups excluding carboxylic acids is 3. The molecule has 1 aromatic carbocycles. The molecule has 9 nitrogen and oxygen atoms in total. The molecule has 9 heteroatoms. The molecular weight excluding hydrogens is 446 g/mol. The van der Waals surface area contributed by atoms with Crippen molar-refractivity contribution in [3.05, 3.63) is 36.0 Å². The second-order valence-corrected chi connectivity index (χ2v) is 10.2. The van der Waals surface area contributed by atoms with Gasteiger partial charge in [-0.05, 0) is 55.2 Å². The number of aromatic nitrogens is 2. The van der Waals surface area contributed by atoms with Crippen LogP contribution in [0.2, 0.25) is 0 Å². The number of nitrogens with zero attached hydrogens (tertiary/aromatic N) is 3. The highest BCUT2D eigenvalue weighted by molar-refractivity contribution is 6.07. The van der Waals surface area contributed by atoms with E-state index in [0.29, 0.717) is 43.5 Å².